The largest absolute Gasteiger partial charge is 0.345 e. The van der Waals surface area contributed by atoms with Crippen molar-refractivity contribution in [2.24, 2.45) is 11.7 Å². The normalized spacial score (nSPS) is 11.2. The second-order valence-electron chi connectivity index (χ2n) is 2.75. The highest BCUT2D eigenvalue weighted by Crippen LogP contribution is 1.97. The molecule has 0 aromatic heterocycles. The fourth-order valence-corrected chi connectivity index (χ4v) is 0.703. The molecule has 0 rings (SSSR count). The zero-order chi connectivity index (χ0) is 9.40. The molecular weight excluding hydrogens is 152 g/mol. The highest BCUT2D eigenvalue weighted by molar-refractivity contribution is 5.76. The quantitative estimate of drug-likeness (QED) is 0.585. The summed E-state index contributed by atoms with van der Waals surface area (Å²) in [5.74, 6) is 5.73. The standard InChI is InChI=1S/C9H16N2O/c1-3-4-5-11-9(12)6-8(2)7-10/h8H,5-7,10H2,1-2H3,(H,11,12). The monoisotopic (exact) mass is 168 g/mol. The smallest absolute Gasteiger partial charge is 0.221 e. The Bertz CT molecular complexity index is 190. The Morgan fingerprint density at radius 1 is 1.67 bits per heavy atom. The van der Waals surface area contributed by atoms with Crippen LogP contribution in [-0.2, 0) is 4.79 Å². The van der Waals surface area contributed by atoms with Crippen molar-refractivity contribution in [3.05, 3.63) is 0 Å². The molecule has 0 saturated heterocycles. The minimum absolute atomic E-state index is 0.0238. The van der Waals surface area contributed by atoms with Crippen LogP contribution in [0.25, 0.3) is 0 Å². The fourth-order valence-electron chi connectivity index (χ4n) is 0.703. The van der Waals surface area contributed by atoms with Crippen molar-refractivity contribution in [1.29, 1.82) is 0 Å². The van der Waals surface area contributed by atoms with Gasteiger partial charge in [-0.15, -0.1) is 5.92 Å². The van der Waals surface area contributed by atoms with Gasteiger partial charge in [-0.05, 0) is 19.4 Å². The van der Waals surface area contributed by atoms with E-state index in [1.165, 1.54) is 0 Å². The summed E-state index contributed by atoms with van der Waals surface area (Å²) in [4.78, 5) is 11.1. The average molecular weight is 168 g/mol. The molecule has 0 spiro atoms. The molecule has 0 saturated carbocycles. The second-order valence-corrected chi connectivity index (χ2v) is 2.75. The van der Waals surface area contributed by atoms with Crippen LogP contribution in [0.1, 0.15) is 20.3 Å². The maximum absolute atomic E-state index is 11.1. The van der Waals surface area contributed by atoms with Gasteiger partial charge in [0.1, 0.15) is 0 Å². The van der Waals surface area contributed by atoms with E-state index in [1.54, 1.807) is 6.92 Å². The number of rotatable bonds is 4. The van der Waals surface area contributed by atoms with Gasteiger partial charge in [-0.3, -0.25) is 4.79 Å². The fraction of sp³-hybridized carbons (Fsp3) is 0.667. The molecule has 12 heavy (non-hydrogen) atoms. The van der Waals surface area contributed by atoms with Gasteiger partial charge in [-0.1, -0.05) is 12.8 Å². The third-order valence-corrected chi connectivity index (χ3v) is 1.49. The van der Waals surface area contributed by atoms with Crippen LogP contribution >= 0.6 is 0 Å². The Morgan fingerprint density at radius 2 is 2.33 bits per heavy atom. The predicted octanol–water partition coefficient (Wildman–Crippen LogP) is 0.111. The maximum Gasteiger partial charge on any atom is 0.221 e. The molecule has 1 unspecified atom stereocenters. The number of amides is 1. The lowest BCUT2D eigenvalue weighted by Crippen LogP contribution is -2.27. The van der Waals surface area contributed by atoms with Crippen LogP contribution in [0.4, 0.5) is 0 Å². The van der Waals surface area contributed by atoms with Gasteiger partial charge in [0, 0.05) is 6.42 Å². The Balaban J connectivity index is 3.50. The van der Waals surface area contributed by atoms with Crippen molar-refractivity contribution >= 4 is 5.91 Å². The SMILES string of the molecule is CC#CCNC(=O)CC(C)CN. The van der Waals surface area contributed by atoms with Crippen LogP contribution in [0, 0.1) is 17.8 Å². The van der Waals surface area contributed by atoms with Gasteiger partial charge in [0.25, 0.3) is 0 Å². The topological polar surface area (TPSA) is 55.1 Å². The summed E-state index contributed by atoms with van der Waals surface area (Å²) >= 11 is 0. The van der Waals surface area contributed by atoms with E-state index in [2.05, 4.69) is 17.2 Å². The zero-order valence-corrected chi connectivity index (χ0v) is 7.68. The molecule has 0 radical (unpaired) electrons. The van der Waals surface area contributed by atoms with Gasteiger partial charge in [0.15, 0.2) is 0 Å². The van der Waals surface area contributed by atoms with Crippen molar-refractivity contribution in [2.45, 2.75) is 20.3 Å². The van der Waals surface area contributed by atoms with Crippen molar-refractivity contribution in [3.8, 4) is 11.8 Å². The van der Waals surface area contributed by atoms with E-state index < -0.39 is 0 Å². The molecule has 0 aromatic carbocycles. The summed E-state index contributed by atoms with van der Waals surface area (Å²) in [5.41, 5.74) is 5.37. The Hall–Kier alpha value is -1.01. The molecule has 0 bridgehead atoms. The van der Waals surface area contributed by atoms with Gasteiger partial charge in [-0.25, -0.2) is 0 Å². The average Bonchev–Trinajstić information content (AvgIpc) is 2.05. The van der Waals surface area contributed by atoms with E-state index in [9.17, 15) is 4.79 Å². The first-order chi connectivity index (χ1) is 5.70. The summed E-state index contributed by atoms with van der Waals surface area (Å²) < 4.78 is 0. The van der Waals surface area contributed by atoms with Crippen LogP contribution in [0.3, 0.4) is 0 Å². The van der Waals surface area contributed by atoms with Gasteiger partial charge in [0.05, 0.1) is 6.54 Å². The molecule has 1 atom stereocenters. The minimum atomic E-state index is 0.0238. The summed E-state index contributed by atoms with van der Waals surface area (Å²) in [5, 5.41) is 2.68. The minimum Gasteiger partial charge on any atom is -0.345 e. The van der Waals surface area contributed by atoms with E-state index in [0.29, 0.717) is 19.5 Å². The van der Waals surface area contributed by atoms with Gasteiger partial charge in [-0.2, -0.15) is 0 Å². The van der Waals surface area contributed by atoms with Crippen molar-refractivity contribution in [1.82, 2.24) is 5.32 Å². The van der Waals surface area contributed by atoms with Crippen molar-refractivity contribution in [3.63, 3.8) is 0 Å². The number of nitrogens with one attached hydrogen (secondary N) is 1. The van der Waals surface area contributed by atoms with Gasteiger partial charge >= 0.3 is 0 Å². The predicted molar refractivity (Wildman–Crippen MR) is 49.3 cm³/mol. The highest BCUT2D eigenvalue weighted by atomic mass is 16.1. The van der Waals surface area contributed by atoms with E-state index in [-0.39, 0.29) is 11.8 Å². The second kappa shape index (κ2) is 6.68. The number of hydrogen-bond donors (Lipinski definition) is 2. The molecule has 3 N–H and O–H groups in total. The third-order valence-electron chi connectivity index (χ3n) is 1.49. The molecule has 3 nitrogen and oxygen atoms in total. The molecule has 0 aliphatic rings. The van der Waals surface area contributed by atoms with Crippen molar-refractivity contribution < 1.29 is 4.79 Å². The summed E-state index contributed by atoms with van der Waals surface area (Å²) in [7, 11) is 0. The first-order valence-corrected chi connectivity index (χ1v) is 4.07. The van der Waals surface area contributed by atoms with Crippen LogP contribution < -0.4 is 11.1 Å². The van der Waals surface area contributed by atoms with Crippen LogP contribution in [-0.4, -0.2) is 19.0 Å². The molecule has 0 aliphatic heterocycles. The van der Waals surface area contributed by atoms with Gasteiger partial charge < -0.3 is 11.1 Å². The van der Waals surface area contributed by atoms with E-state index >= 15 is 0 Å². The van der Waals surface area contributed by atoms with E-state index in [4.69, 9.17) is 5.73 Å². The Labute approximate surface area is 73.7 Å². The lowest BCUT2D eigenvalue weighted by Gasteiger charge is -2.06. The molecule has 1 amide bonds. The number of carbonyl (C=O) groups excluding carboxylic acids is 1. The van der Waals surface area contributed by atoms with Crippen molar-refractivity contribution in [2.75, 3.05) is 13.1 Å². The molecular formula is C9H16N2O. The molecule has 0 aliphatic carbocycles. The van der Waals surface area contributed by atoms with E-state index in [0.717, 1.165) is 0 Å². The van der Waals surface area contributed by atoms with E-state index in [1.807, 2.05) is 6.92 Å². The number of nitrogens with two attached hydrogens (primary N) is 1. The number of hydrogen-bond acceptors (Lipinski definition) is 2. The first-order valence-electron chi connectivity index (χ1n) is 4.07. The molecule has 3 heteroatoms. The lowest BCUT2D eigenvalue weighted by molar-refractivity contribution is -0.121. The highest BCUT2D eigenvalue weighted by Gasteiger charge is 2.05. The first kappa shape index (κ1) is 11.0. The van der Waals surface area contributed by atoms with Crippen LogP contribution in [0.15, 0.2) is 0 Å². The lowest BCUT2D eigenvalue weighted by atomic mass is 10.1. The molecule has 0 aromatic rings. The summed E-state index contributed by atoms with van der Waals surface area (Å²) in [6.07, 6.45) is 0.488. The Morgan fingerprint density at radius 3 is 2.83 bits per heavy atom. The van der Waals surface area contributed by atoms with Crippen LogP contribution in [0.5, 0.6) is 0 Å². The maximum atomic E-state index is 11.1. The van der Waals surface area contributed by atoms with Crippen LogP contribution in [0.2, 0.25) is 0 Å². The molecule has 0 fully saturated rings. The third kappa shape index (κ3) is 5.75. The summed E-state index contributed by atoms with van der Waals surface area (Å²) in [6, 6.07) is 0. The summed E-state index contributed by atoms with van der Waals surface area (Å²) in [6.45, 7) is 4.68. The molecule has 0 heterocycles. The Kier molecular flexibility index (Phi) is 6.12. The number of carbonyl (C=O) groups is 1. The zero-order valence-electron chi connectivity index (χ0n) is 7.68. The van der Waals surface area contributed by atoms with Gasteiger partial charge in [0.2, 0.25) is 5.91 Å². The molecule has 68 valence electrons.